The number of aromatic nitrogens is 4. The molecule has 3 aromatic carbocycles. The second-order valence-corrected chi connectivity index (χ2v) is 18.0. The van der Waals surface area contributed by atoms with Crippen molar-refractivity contribution in [3.05, 3.63) is 76.3 Å². The van der Waals surface area contributed by atoms with Gasteiger partial charge >= 0.3 is 0 Å². The van der Waals surface area contributed by atoms with Crippen LogP contribution in [0.1, 0.15) is 57.1 Å². The zero-order chi connectivity index (χ0) is 45.1. The molecule has 1 spiro atoms. The number of carbonyl (C=O) groups excluding carboxylic acids is 2. The molecule has 3 aliphatic rings. The van der Waals surface area contributed by atoms with Crippen LogP contribution >= 0.6 is 12.1 Å². The Hall–Kier alpha value is -5.81. The van der Waals surface area contributed by atoms with Crippen molar-refractivity contribution in [3.63, 3.8) is 0 Å². The van der Waals surface area contributed by atoms with Crippen molar-refractivity contribution in [1.29, 1.82) is 5.26 Å². The summed E-state index contributed by atoms with van der Waals surface area (Å²) in [4.78, 5) is 47.4. The first kappa shape index (κ1) is 44.8. The lowest BCUT2D eigenvalue weighted by atomic mass is 9.86. The highest BCUT2D eigenvalue weighted by Gasteiger charge is 2.44. The summed E-state index contributed by atoms with van der Waals surface area (Å²) in [5.41, 5.74) is 1.68. The van der Waals surface area contributed by atoms with Crippen LogP contribution in [0.25, 0.3) is 21.8 Å². The van der Waals surface area contributed by atoms with E-state index in [4.69, 9.17) is 9.47 Å². The van der Waals surface area contributed by atoms with Gasteiger partial charge in [0.1, 0.15) is 23.2 Å². The minimum atomic E-state index is -0.697. The number of fused-ring (bicyclic) bond motifs is 2. The van der Waals surface area contributed by atoms with Crippen LogP contribution in [0.4, 0.5) is 26.0 Å². The Balaban J connectivity index is 0.855. The fourth-order valence-corrected chi connectivity index (χ4v) is 9.65. The summed E-state index contributed by atoms with van der Waals surface area (Å²) in [7, 11) is 5.50. The van der Waals surface area contributed by atoms with Crippen LogP contribution in [0.15, 0.2) is 53.6 Å². The summed E-state index contributed by atoms with van der Waals surface area (Å²) >= 11 is 1.28. The fourth-order valence-electron chi connectivity index (χ4n) is 9.10. The molecule has 0 aliphatic carbocycles. The van der Waals surface area contributed by atoms with Gasteiger partial charge in [0.25, 0.3) is 5.56 Å². The van der Waals surface area contributed by atoms with Crippen molar-refractivity contribution < 1.29 is 27.8 Å². The number of imide groups is 1. The van der Waals surface area contributed by atoms with Gasteiger partial charge in [0, 0.05) is 83.8 Å². The van der Waals surface area contributed by atoms with Gasteiger partial charge in [-0.1, -0.05) is 6.92 Å². The van der Waals surface area contributed by atoms with E-state index >= 15 is 8.78 Å². The first-order valence-electron chi connectivity index (χ1n) is 21.7. The van der Waals surface area contributed by atoms with E-state index in [0.717, 1.165) is 70.5 Å². The quantitative estimate of drug-likeness (QED) is 0.0934. The number of aryl methyl sites for hydroxylation is 1. The molecule has 338 valence electrons. The molecule has 3 saturated heterocycles. The second-order valence-electron chi connectivity index (χ2n) is 17.0. The number of ether oxygens (including phenoxy) is 2. The molecule has 3 fully saturated rings. The smallest absolute Gasteiger partial charge is 0.261 e. The highest BCUT2D eigenvalue weighted by molar-refractivity contribution is 7.98. The number of likely N-dealkylation sites (tertiary alicyclic amines) is 1. The largest absolute Gasteiger partial charge is 0.453 e. The third-order valence-electron chi connectivity index (χ3n) is 12.9. The van der Waals surface area contributed by atoms with Gasteiger partial charge in [-0.2, -0.15) is 10.4 Å². The van der Waals surface area contributed by atoms with Gasteiger partial charge in [0.15, 0.2) is 17.4 Å². The van der Waals surface area contributed by atoms with E-state index in [-0.39, 0.29) is 52.4 Å². The summed E-state index contributed by atoms with van der Waals surface area (Å²) < 4.78 is 51.7. The number of piperidine rings is 2. The highest BCUT2D eigenvalue weighted by atomic mass is 32.2. The van der Waals surface area contributed by atoms with Gasteiger partial charge in [0.05, 0.1) is 52.4 Å². The molecule has 8 rings (SSSR count). The van der Waals surface area contributed by atoms with Crippen molar-refractivity contribution in [3.8, 4) is 17.6 Å². The maximum absolute atomic E-state index is 15.7. The number of nitriles is 1. The van der Waals surface area contributed by atoms with E-state index in [9.17, 15) is 19.6 Å². The van der Waals surface area contributed by atoms with E-state index in [0.29, 0.717) is 65.4 Å². The number of halogens is 2. The number of anilines is 3. The van der Waals surface area contributed by atoms with Gasteiger partial charge in [-0.15, -0.1) is 0 Å². The number of nitrogens with zero attached hydrogens (tertiary/aromatic N) is 9. The van der Waals surface area contributed by atoms with E-state index in [1.165, 1.54) is 30.3 Å². The van der Waals surface area contributed by atoms with Crippen molar-refractivity contribution in [2.24, 2.45) is 13.0 Å². The number of hydrogen-bond acceptors (Lipinski definition) is 14. The molecule has 1 unspecified atom stereocenters. The minimum Gasteiger partial charge on any atom is -0.453 e. The van der Waals surface area contributed by atoms with E-state index in [2.05, 4.69) is 36.0 Å². The average Bonchev–Trinajstić information content (AvgIpc) is 3.86. The van der Waals surface area contributed by atoms with Gasteiger partial charge in [-0.3, -0.25) is 28.9 Å². The van der Waals surface area contributed by atoms with Crippen LogP contribution in [0, 0.1) is 28.9 Å². The Morgan fingerprint density at radius 3 is 2.61 bits per heavy atom. The Bertz CT molecular complexity index is 2640. The van der Waals surface area contributed by atoms with Gasteiger partial charge in [-0.05, 0) is 87.5 Å². The van der Waals surface area contributed by atoms with Crippen LogP contribution in [0.2, 0.25) is 0 Å². The van der Waals surface area contributed by atoms with E-state index in [1.54, 1.807) is 45.7 Å². The molecular formula is C45H53F2N11O5S. The number of nitrogens with one attached hydrogen (secondary N) is 2. The monoisotopic (exact) mass is 897 g/mol. The molecule has 2 N–H and O–H groups in total. The van der Waals surface area contributed by atoms with Crippen molar-refractivity contribution in [1.82, 2.24) is 33.9 Å². The Kier molecular flexibility index (Phi) is 13.4. The lowest BCUT2D eigenvalue weighted by Crippen LogP contribution is -2.47. The van der Waals surface area contributed by atoms with Gasteiger partial charge < -0.3 is 28.9 Å². The molecule has 0 saturated carbocycles. The summed E-state index contributed by atoms with van der Waals surface area (Å²) in [5, 5.41) is 17.7. The number of carbonyl (C=O) groups is 2. The molecule has 19 heteroatoms. The summed E-state index contributed by atoms with van der Waals surface area (Å²) in [6.45, 7) is 7.67. The summed E-state index contributed by atoms with van der Waals surface area (Å²) in [5.74, 6) is -0.363. The Morgan fingerprint density at radius 2 is 1.88 bits per heavy atom. The Morgan fingerprint density at radius 1 is 1.09 bits per heavy atom. The molecule has 5 aromatic rings. The van der Waals surface area contributed by atoms with Crippen LogP contribution in [0.5, 0.6) is 11.5 Å². The predicted octanol–water partition coefficient (Wildman–Crippen LogP) is 5.96. The number of rotatable bonds is 15. The average molecular weight is 898 g/mol. The first-order valence-corrected chi connectivity index (χ1v) is 22.4. The third kappa shape index (κ3) is 9.36. The SMILES string of the molecule is CCN(C)SNc1ccc(F)c(Oc2ccc3ncn(C4COC5(CCN(CC6CCN(c7cc8c(cc7F)c(N(C)CCC(=O)NC=O)nn8C)CC6)CC5)C4)c(=O)c3c2)c1C#N. The first-order chi connectivity index (χ1) is 30.9. The van der Waals surface area contributed by atoms with Crippen LogP contribution in [-0.4, -0.2) is 113 Å². The molecular weight excluding hydrogens is 845 g/mol. The van der Waals surface area contributed by atoms with E-state index < -0.39 is 5.82 Å². The summed E-state index contributed by atoms with van der Waals surface area (Å²) in [6.07, 6.45) is 6.32. The normalized spacial score (nSPS) is 17.9. The van der Waals surface area contributed by atoms with E-state index in [1.807, 2.05) is 31.4 Å². The molecule has 1 atom stereocenters. The standard InChI is InChI=1S/C45H53F2N11O5S/c1-5-54(3)64-52-38-9-7-35(46)42(34(38)24-48)63-31-6-8-37-32(20-31)44(61)58(27-49-37)30-23-45(62-26-30)13-18-56(19-14-45)25-29-10-16-57(17-11-29)40-22-39-33(21-36(40)47)43(51-55(39)4)53(2)15-12-41(60)50-28-59/h6-9,20-22,27-30,52H,5,10-19,23,25-26H2,1-4H3,(H,50,59,60). The van der Waals surface area contributed by atoms with Gasteiger partial charge in [0.2, 0.25) is 12.3 Å². The molecule has 0 bridgehead atoms. The van der Waals surface area contributed by atoms with Crippen molar-refractivity contribution in [2.75, 3.05) is 81.0 Å². The topological polar surface area (TPSA) is 166 Å². The zero-order valence-corrected chi connectivity index (χ0v) is 37.3. The van der Waals surface area contributed by atoms with Crippen LogP contribution < -0.4 is 30.1 Å². The number of amides is 2. The minimum absolute atomic E-state index is 0.0120. The zero-order valence-electron chi connectivity index (χ0n) is 36.5. The van der Waals surface area contributed by atoms with Gasteiger partial charge in [-0.25, -0.2) is 18.1 Å². The summed E-state index contributed by atoms with van der Waals surface area (Å²) in [6, 6.07) is 12.8. The lowest BCUT2D eigenvalue weighted by molar-refractivity contribution is -0.125. The highest BCUT2D eigenvalue weighted by Crippen LogP contribution is 2.41. The molecule has 2 amide bonds. The fraction of sp³-hybridized carbons (Fsp3) is 0.467. The Labute approximate surface area is 374 Å². The molecule has 0 radical (unpaired) electrons. The third-order valence-corrected chi connectivity index (χ3v) is 13.8. The molecule has 3 aliphatic heterocycles. The maximum Gasteiger partial charge on any atom is 0.261 e. The molecule has 16 nitrogen and oxygen atoms in total. The van der Waals surface area contributed by atoms with Crippen molar-refractivity contribution >= 4 is 63.4 Å². The van der Waals surface area contributed by atoms with Crippen molar-refractivity contribution in [2.45, 2.75) is 57.1 Å². The van der Waals surface area contributed by atoms with Crippen LogP contribution in [0.3, 0.4) is 0 Å². The second kappa shape index (κ2) is 19.1. The predicted molar refractivity (Wildman–Crippen MR) is 242 cm³/mol. The number of benzene rings is 3. The van der Waals surface area contributed by atoms with Crippen LogP contribution in [-0.2, 0) is 21.4 Å². The molecule has 5 heterocycles. The lowest BCUT2D eigenvalue weighted by Gasteiger charge is -2.41. The number of hydrogen-bond donors (Lipinski definition) is 2. The molecule has 64 heavy (non-hydrogen) atoms. The molecule has 2 aromatic heterocycles. The maximum atomic E-state index is 15.7.